The zero-order chi connectivity index (χ0) is 13.6. The van der Waals surface area contributed by atoms with Gasteiger partial charge < -0.3 is 9.84 Å². The molecule has 1 aliphatic carbocycles. The normalized spacial score (nSPS) is 19.3. The van der Waals surface area contributed by atoms with Crippen molar-refractivity contribution >= 4 is 11.8 Å². The predicted molar refractivity (Wildman–Crippen MR) is 65.6 cm³/mol. The summed E-state index contributed by atoms with van der Waals surface area (Å²) >= 11 is 0. The second-order valence-corrected chi connectivity index (χ2v) is 3.63. The highest BCUT2D eigenvalue weighted by Gasteiger charge is 2.33. The number of ether oxygens (including phenoxy) is 1. The molecule has 0 saturated heterocycles. The van der Waals surface area contributed by atoms with Crippen LogP contribution in [0.4, 0.5) is 0 Å². The lowest BCUT2D eigenvalue weighted by molar-refractivity contribution is -0.149. The molecule has 4 heteroatoms. The Kier molecular flexibility index (Phi) is 6.25. The first-order valence-electron chi connectivity index (χ1n) is 5.64. The minimum absolute atomic E-state index is 0.0751. The summed E-state index contributed by atoms with van der Waals surface area (Å²) < 4.78 is 4.53. The number of methoxy groups -OCH3 is 1. The fourth-order valence-corrected chi connectivity index (χ4v) is 1.70. The summed E-state index contributed by atoms with van der Waals surface area (Å²) in [4.78, 5) is 22.8. The van der Waals surface area contributed by atoms with Crippen molar-refractivity contribution in [2.45, 2.75) is 33.6 Å². The highest BCUT2D eigenvalue weighted by Crippen LogP contribution is 2.30. The van der Waals surface area contributed by atoms with Gasteiger partial charge in [-0.3, -0.25) is 9.59 Å². The molecule has 0 aliphatic heterocycles. The van der Waals surface area contributed by atoms with Crippen LogP contribution >= 0.6 is 0 Å². The van der Waals surface area contributed by atoms with E-state index >= 15 is 0 Å². The SMILES string of the molecule is C=C(O)C1=C(C)CC(=O)C(C(=O)OC)C1.CC. The van der Waals surface area contributed by atoms with E-state index in [1.807, 2.05) is 13.8 Å². The van der Waals surface area contributed by atoms with E-state index in [1.165, 1.54) is 7.11 Å². The molecule has 0 amide bonds. The summed E-state index contributed by atoms with van der Waals surface area (Å²) in [5, 5.41) is 9.29. The van der Waals surface area contributed by atoms with Crippen molar-refractivity contribution in [1.82, 2.24) is 0 Å². The van der Waals surface area contributed by atoms with Crippen molar-refractivity contribution in [3.63, 3.8) is 0 Å². The van der Waals surface area contributed by atoms with Gasteiger partial charge in [-0.2, -0.15) is 0 Å². The molecule has 1 aliphatic rings. The number of esters is 1. The average Bonchev–Trinajstić information content (AvgIpc) is 2.30. The fourth-order valence-electron chi connectivity index (χ4n) is 1.70. The first-order valence-corrected chi connectivity index (χ1v) is 5.64. The van der Waals surface area contributed by atoms with Gasteiger partial charge in [0.15, 0.2) is 5.78 Å². The van der Waals surface area contributed by atoms with Crippen molar-refractivity contribution in [2.24, 2.45) is 5.92 Å². The Morgan fingerprint density at radius 3 is 2.41 bits per heavy atom. The molecule has 1 N–H and O–H groups in total. The average molecular weight is 240 g/mol. The molecule has 17 heavy (non-hydrogen) atoms. The second-order valence-electron chi connectivity index (χ2n) is 3.63. The molecule has 0 saturated carbocycles. The van der Waals surface area contributed by atoms with E-state index in [-0.39, 0.29) is 24.4 Å². The number of aliphatic hydroxyl groups excluding tert-OH is 1. The molecule has 0 fully saturated rings. The van der Waals surface area contributed by atoms with Gasteiger partial charge in [-0.05, 0) is 18.9 Å². The highest BCUT2D eigenvalue weighted by molar-refractivity contribution is 6.01. The molecule has 1 unspecified atom stereocenters. The van der Waals surface area contributed by atoms with E-state index in [9.17, 15) is 14.7 Å². The van der Waals surface area contributed by atoms with Gasteiger partial charge in [0, 0.05) is 6.42 Å². The van der Waals surface area contributed by atoms with Crippen LogP contribution in [0, 0.1) is 5.92 Å². The minimum atomic E-state index is -0.794. The number of carbonyl (C=O) groups excluding carboxylic acids is 2. The zero-order valence-electron chi connectivity index (χ0n) is 10.9. The molecule has 4 nitrogen and oxygen atoms in total. The first kappa shape index (κ1) is 15.4. The Balaban J connectivity index is 0.00000121. The van der Waals surface area contributed by atoms with Crippen LogP contribution in [0.5, 0.6) is 0 Å². The molecule has 0 heterocycles. The van der Waals surface area contributed by atoms with E-state index in [1.54, 1.807) is 6.92 Å². The molecule has 0 radical (unpaired) electrons. The summed E-state index contributed by atoms with van der Waals surface area (Å²) in [5.74, 6) is -1.58. The maximum Gasteiger partial charge on any atom is 0.316 e. The van der Waals surface area contributed by atoms with Gasteiger partial charge in [-0.25, -0.2) is 0 Å². The smallest absolute Gasteiger partial charge is 0.316 e. The zero-order valence-corrected chi connectivity index (χ0v) is 10.9. The molecule has 0 aromatic heterocycles. The number of aliphatic hydroxyl groups is 1. The van der Waals surface area contributed by atoms with Crippen LogP contribution in [0.25, 0.3) is 0 Å². The van der Waals surface area contributed by atoms with E-state index in [0.717, 1.165) is 5.57 Å². The van der Waals surface area contributed by atoms with Crippen LogP contribution in [0.1, 0.15) is 33.6 Å². The Hall–Kier alpha value is -1.58. The quantitative estimate of drug-likeness (QED) is 0.457. The third kappa shape index (κ3) is 3.73. The number of ketones is 1. The van der Waals surface area contributed by atoms with Gasteiger partial charge in [0.2, 0.25) is 0 Å². The third-order valence-corrected chi connectivity index (χ3v) is 2.59. The van der Waals surface area contributed by atoms with E-state index in [4.69, 9.17) is 0 Å². The van der Waals surface area contributed by atoms with Gasteiger partial charge in [0.25, 0.3) is 0 Å². The number of hydrogen-bond acceptors (Lipinski definition) is 4. The van der Waals surface area contributed by atoms with Gasteiger partial charge in [-0.1, -0.05) is 26.0 Å². The Morgan fingerprint density at radius 2 is 2.00 bits per heavy atom. The summed E-state index contributed by atoms with van der Waals surface area (Å²) in [5.41, 5.74) is 1.36. The second kappa shape index (κ2) is 6.89. The topological polar surface area (TPSA) is 63.6 Å². The Labute approximate surface area is 102 Å². The molecule has 1 rings (SSSR count). The monoisotopic (exact) mass is 240 g/mol. The van der Waals surface area contributed by atoms with Crippen molar-refractivity contribution < 1.29 is 19.4 Å². The molecule has 0 spiro atoms. The fraction of sp³-hybridized carbons (Fsp3) is 0.538. The Bertz CT molecular complexity index is 352. The number of Topliss-reactive ketones (excluding diaryl/α,β-unsaturated/α-hetero) is 1. The molecule has 1 atom stereocenters. The van der Waals surface area contributed by atoms with Crippen LogP contribution in [0.3, 0.4) is 0 Å². The minimum Gasteiger partial charge on any atom is -0.508 e. The molecule has 0 aromatic carbocycles. The number of carbonyl (C=O) groups is 2. The van der Waals surface area contributed by atoms with Crippen LogP contribution in [-0.2, 0) is 14.3 Å². The Morgan fingerprint density at radius 1 is 1.47 bits per heavy atom. The van der Waals surface area contributed by atoms with E-state index in [2.05, 4.69) is 11.3 Å². The molecular formula is C13H20O4. The van der Waals surface area contributed by atoms with Crippen molar-refractivity contribution in [3.8, 4) is 0 Å². The van der Waals surface area contributed by atoms with Gasteiger partial charge in [0.1, 0.15) is 11.7 Å². The number of hydrogen-bond donors (Lipinski definition) is 1. The van der Waals surface area contributed by atoms with E-state index in [0.29, 0.717) is 5.57 Å². The van der Waals surface area contributed by atoms with E-state index < -0.39 is 11.9 Å². The van der Waals surface area contributed by atoms with Crippen molar-refractivity contribution in [2.75, 3.05) is 7.11 Å². The van der Waals surface area contributed by atoms with Crippen LogP contribution in [0.2, 0.25) is 0 Å². The summed E-state index contributed by atoms with van der Waals surface area (Å²) in [6, 6.07) is 0. The lowest BCUT2D eigenvalue weighted by atomic mass is 9.83. The summed E-state index contributed by atoms with van der Waals surface area (Å²) in [6.45, 7) is 9.16. The molecular weight excluding hydrogens is 220 g/mol. The summed E-state index contributed by atoms with van der Waals surface area (Å²) in [6.07, 6.45) is 0.362. The maximum absolute atomic E-state index is 11.5. The van der Waals surface area contributed by atoms with Gasteiger partial charge in [0.05, 0.1) is 7.11 Å². The van der Waals surface area contributed by atoms with Gasteiger partial charge in [-0.15, -0.1) is 0 Å². The van der Waals surface area contributed by atoms with Crippen molar-refractivity contribution in [3.05, 3.63) is 23.5 Å². The maximum atomic E-state index is 11.5. The third-order valence-electron chi connectivity index (χ3n) is 2.59. The van der Waals surface area contributed by atoms with Crippen LogP contribution < -0.4 is 0 Å². The van der Waals surface area contributed by atoms with Crippen LogP contribution in [-0.4, -0.2) is 24.0 Å². The largest absolute Gasteiger partial charge is 0.508 e. The van der Waals surface area contributed by atoms with Crippen LogP contribution in [0.15, 0.2) is 23.5 Å². The lowest BCUT2D eigenvalue weighted by Crippen LogP contribution is -2.29. The lowest BCUT2D eigenvalue weighted by Gasteiger charge is -2.22. The highest BCUT2D eigenvalue weighted by atomic mass is 16.5. The molecule has 0 aromatic rings. The molecule has 96 valence electrons. The summed E-state index contributed by atoms with van der Waals surface area (Å²) in [7, 11) is 1.24. The standard InChI is InChI=1S/C11H14O4.C2H6/c1-6-4-10(13)9(11(14)15-3)5-8(6)7(2)12;1-2/h9,12H,2,4-5H2,1,3H3;1-2H3. The number of allylic oxidation sites excluding steroid dienone is 2. The first-order chi connectivity index (χ1) is 7.97. The predicted octanol–water partition coefficient (Wildman–Crippen LogP) is 2.55. The van der Waals surface area contributed by atoms with Gasteiger partial charge >= 0.3 is 5.97 Å². The van der Waals surface area contributed by atoms with Crippen molar-refractivity contribution in [1.29, 1.82) is 0 Å². The number of rotatable bonds is 2. The molecule has 0 bridgehead atoms.